The van der Waals surface area contributed by atoms with Crippen molar-refractivity contribution in [3.63, 3.8) is 0 Å². The summed E-state index contributed by atoms with van der Waals surface area (Å²) in [6.45, 7) is 1.68. The van der Waals surface area contributed by atoms with Crippen molar-refractivity contribution < 1.29 is 4.79 Å². The fourth-order valence-electron chi connectivity index (χ4n) is 2.08. The van der Waals surface area contributed by atoms with E-state index < -0.39 is 0 Å². The smallest absolute Gasteiger partial charge is 0.132 e. The maximum absolute atomic E-state index is 11.1. The molecule has 3 N–H and O–H groups in total. The molecule has 0 atom stereocenters. The Bertz CT molecular complexity index is 205. The second kappa shape index (κ2) is 4.40. The molecule has 1 rings (SSSR count). The molecule has 74 valence electrons. The van der Waals surface area contributed by atoms with Crippen LogP contribution in [-0.2, 0) is 4.79 Å². The molecule has 0 aromatic carbocycles. The molecule has 3 heteroatoms. The lowest BCUT2D eigenvalue weighted by Gasteiger charge is -2.26. The summed E-state index contributed by atoms with van der Waals surface area (Å²) < 4.78 is 0. The van der Waals surface area contributed by atoms with Gasteiger partial charge in [-0.25, -0.2) is 0 Å². The van der Waals surface area contributed by atoms with Crippen molar-refractivity contribution in [3.05, 3.63) is 0 Å². The van der Waals surface area contributed by atoms with Crippen molar-refractivity contribution in [2.24, 2.45) is 17.6 Å². The first-order valence-electron chi connectivity index (χ1n) is 4.93. The van der Waals surface area contributed by atoms with Crippen LogP contribution >= 0.6 is 0 Å². The number of carbonyl (C=O) groups is 1. The summed E-state index contributed by atoms with van der Waals surface area (Å²) in [5.74, 6) is 1.43. The molecule has 0 spiro atoms. The highest BCUT2D eigenvalue weighted by Crippen LogP contribution is 2.30. The standard InChI is InChI=1S/C10H18N2O/c1-7(13)9-4-2-8(3-5-9)6-10(11)12/h8-9H,2-6H2,1H3,(H3,11,12). The number of carbonyl (C=O) groups excluding carboxylic acids is 1. The Kier molecular flexibility index (Phi) is 3.46. The SMILES string of the molecule is CC(=O)C1CCC(CC(=N)N)CC1. The third-order valence-electron chi connectivity index (χ3n) is 2.93. The molecular weight excluding hydrogens is 164 g/mol. The lowest BCUT2D eigenvalue weighted by Crippen LogP contribution is -2.23. The molecule has 0 aromatic rings. The molecule has 0 unspecified atom stereocenters. The molecule has 1 saturated carbocycles. The Hall–Kier alpha value is -0.860. The van der Waals surface area contributed by atoms with Crippen LogP contribution in [-0.4, -0.2) is 11.6 Å². The number of hydrogen-bond acceptors (Lipinski definition) is 2. The molecule has 3 nitrogen and oxygen atoms in total. The summed E-state index contributed by atoms with van der Waals surface area (Å²) in [6, 6.07) is 0. The van der Waals surface area contributed by atoms with Crippen LogP contribution in [0.4, 0.5) is 0 Å². The van der Waals surface area contributed by atoms with E-state index in [-0.39, 0.29) is 11.8 Å². The summed E-state index contributed by atoms with van der Waals surface area (Å²) in [7, 11) is 0. The van der Waals surface area contributed by atoms with Gasteiger partial charge in [0.1, 0.15) is 5.78 Å². The zero-order valence-electron chi connectivity index (χ0n) is 8.18. The van der Waals surface area contributed by atoms with Crippen LogP contribution in [0.25, 0.3) is 0 Å². The van der Waals surface area contributed by atoms with E-state index in [1.807, 2.05) is 0 Å². The first-order valence-corrected chi connectivity index (χ1v) is 4.93. The molecule has 0 amide bonds. The molecule has 1 aliphatic rings. The van der Waals surface area contributed by atoms with Crippen LogP contribution in [0, 0.1) is 17.2 Å². The van der Waals surface area contributed by atoms with Crippen LogP contribution in [0.2, 0.25) is 0 Å². The van der Waals surface area contributed by atoms with Crippen LogP contribution in [0.3, 0.4) is 0 Å². The molecule has 0 radical (unpaired) electrons. The van der Waals surface area contributed by atoms with Gasteiger partial charge in [0, 0.05) is 12.3 Å². The number of amidine groups is 1. The highest BCUT2D eigenvalue weighted by Gasteiger charge is 2.23. The molecule has 0 aromatic heterocycles. The molecule has 0 bridgehead atoms. The number of nitrogens with two attached hydrogens (primary N) is 1. The second-order valence-electron chi connectivity index (χ2n) is 4.06. The van der Waals surface area contributed by atoms with Gasteiger partial charge in [0.25, 0.3) is 0 Å². The number of hydrogen-bond donors (Lipinski definition) is 2. The molecule has 1 fully saturated rings. The second-order valence-corrected chi connectivity index (χ2v) is 4.06. The van der Waals surface area contributed by atoms with E-state index in [0.717, 1.165) is 25.7 Å². The normalized spacial score (nSPS) is 28.4. The topological polar surface area (TPSA) is 66.9 Å². The van der Waals surface area contributed by atoms with Crippen molar-refractivity contribution >= 4 is 11.6 Å². The average Bonchev–Trinajstić information content (AvgIpc) is 2.04. The molecule has 0 aliphatic heterocycles. The van der Waals surface area contributed by atoms with Crippen LogP contribution in [0.1, 0.15) is 39.0 Å². The van der Waals surface area contributed by atoms with E-state index >= 15 is 0 Å². The number of ketones is 1. The minimum atomic E-state index is 0.281. The Morgan fingerprint density at radius 1 is 1.38 bits per heavy atom. The summed E-state index contributed by atoms with van der Waals surface area (Å²) in [4.78, 5) is 11.1. The Labute approximate surface area is 79.2 Å². The Morgan fingerprint density at radius 2 is 1.92 bits per heavy atom. The minimum absolute atomic E-state index is 0.281. The summed E-state index contributed by atoms with van der Waals surface area (Å²) in [6.07, 6.45) is 4.82. The van der Waals surface area contributed by atoms with Gasteiger partial charge in [-0.2, -0.15) is 0 Å². The van der Waals surface area contributed by atoms with Crippen molar-refractivity contribution in [3.8, 4) is 0 Å². The first-order chi connectivity index (χ1) is 6.09. The molecular formula is C10H18N2O. The summed E-state index contributed by atoms with van der Waals surface area (Å²) in [5.41, 5.74) is 5.33. The number of Topliss-reactive ketones (excluding diaryl/α,β-unsaturated/α-hetero) is 1. The largest absolute Gasteiger partial charge is 0.388 e. The van der Waals surface area contributed by atoms with Gasteiger partial charge in [-0.3, -0.25) is 10.2 Å². The fourth-order valence-corrected chi connectivity index (χ4v) is 2.08. The van der Waals surface area contributed by atoms with Gasteiger partial charge in [0.15, 0.2) is 0 Å². The maximum Gasteiger partial charge on any atom is 0.132 e. The first kappa shape index (κ1) is 10.2. The fraction of sp³-hybridized carbons (Fsp3) is 0.800. The van der Waals surface area contributed by atoms with Gasteiger partial charge in [-0.15, -0.1) is 0 Å². The Morgan fingerprint density at radius 3 is 2.31 bits per heavy atom. The van der Waals surface area contributed by atoms with Crippen LogP contribution in [0.15, 0.2) is 0 Å². The summed E-state index contributed by atoms with van der Waals surface area (Å²) >= 11 is 0. The van der Waals surface area contributed by atoms with E-state index in [9.17, 15) is 4.79 Å². The van der Waals surface area contributed by atoms with Crippen molar-refractivity contribution in [1.29, 1.82) is 5.41 Å². The van der Waals surface area contributed by atoms with Crippen LogP contribution < -0.4 is 5.73 Å². The van der Waals surface area contributed by atoms with Gasteiger partial charge in [0.05, 0.1) is 5.84 Å². The molecule has 0 heterocycles. The third kappa shape index (κ3) is 3.17. The summed E-state index contributed by atoms with van der Waals surface area (Å²) in [5, 5.41) is 7.18. The van der Waals surface area contributed by atoms with Crippen molar-refractivity contribution in [1.82, 2.24) is 0 Å². The monoisotopic (exact) mass is 182 g/mol. The average molecular weight is 182 g/mol. The van der Waals surface area contributed by atoms with E-state index in [4.69, 9.17) is 11.1 Å². The maximum atomic E-state index is 11.1. The number of nitrogens with one attached hydrogen (secondary N) is 1. The van der Waals surface area contributed by atoms with Crippen molar-refractivity contribution in [2.45, 2.75) is 39.0 Å². The van der Waals surface area contributed by atoms with E-state index in [1.54, 1.807) is 6.92 Å². The quantitative estimate of drug-likeness (QED) is 0.515. The zero-order valence-corrected chi connectivity index (χ0v) is 8.18. The highest BCUT2D eigenvalue weighted by molar-refractivity contribution is 5.78. The van der Waals surface area contributed by atoms with Crippen molar-refractivity contribution in [2.75, 3.05) is 0 Å². The lowest BCUT2D eigenvalue weighted by molar-refractivity contribution is -0.121. The highest BCUT2D eigenvalue weighted by atomic mass is 16.1. The zero-order chi connectivity index (χ0) is 9.84. The Balaban J connectivity index is 2.30. The molecule has 1 aliphatic carbocycles. The lowest BCUT2D eigenvalue weighted by atomic mass is 9.79. The van der Waals surface area contributed by atoms with E-state index in [0.29, 0.717) is 18.1 Å². The predicted molar refractivity (Wildman–Crippen MR) is 52.7 cm³/mol. The minimum Gasteiger partial charge on any atom is -0.388 e. The van der Waals surface area contributed by atoms with Gasteiger partial charge in [0.2, 0.25) is 0 Å². The van der Waals surface area contributed by atoms with Gasteiger partial charge in [-0.1, -0.05) is 0 Å². The number of rotatable bonds is 3. The predicted octanol–water partition coefficient (Wildman–Crippen LogP) is 1.71. The molecule has 13 heavy (non-hydrogen) atoms. The van der Waals surface area contributed by atoms with Gasteiger partial charge >= 0.3 is 0 Å². The molecule has 0 saturated heterocycles. The van der Waals surface area contributed by atoms with Gasteiger partial charge in [-0.05, 0) is 38.5 Å². The van der Waals surface area contributed by atoms with Crippen LogP contribution in [0.5, 0.6) is 0 Å². The van der Waals surface area contributed by atoms with E-state index in [1.165, 1.54) is 0 Å². The third-order valence-corrected chi connectivity index (χ3v) is 2.93. The van der Waals surface area contributed by atoms with E-state index in [2.05, 4.69) is 0 Å². The van der Waals surface area contributed by atoms with Gasteiger partial charge < -0.3 is 5.73 Å².